The normalized spacial score (nSPS) is 14.2. The lowest BCUT2D eigenvalue weighted by Crippen LogP contribution is -2.41. The topological polar surface area (TPSA) is 95.9 Å². The molecule has 16 heavy (non-hydrogen) atoms. The zero-order chi connectivity index (χ0) is 12.6. The molecule has 0 aliphatic heterocycles. The smallest absolute Gasteiger partial charge is 0.326 e. The second kappa shape index (κ2) is 8.06. The molecule has 3 N–H and O–H groups in total. The highest BCUT2D eigenvalue weighted by atomic mass is 16.5. The molecule has 0 saturated heterocycles. The van der Waals surface area contributed by atoms with E-state index in [1.54, 1.807) is 7.11 Å². The van der Waals surface area contributed by atoms with Gasteiger partial charge in [0.25, 0.3) is 0 Å². The molecule has 0 spiro atoms. The van der Waals surface area contributed by atoms with Gasteiger partial charge in [-0.05, 0) is 13.3 Å². The minimum atomic E-state index is -1.14. The van der Waals surface area contributed by atoms with Crippen molar-refractivity contribution in [2.24, 2.45) is 0 Å². The summed E-state index contributed by atoms with van der Waals surface area (Å²) in [5.41, 5.74) is 0. The van der Waals surface area contributed by atoms with Crippen molar-refractivity contribution >= 4 is 11.9 Å². The molecule has 0 aliphatic carbocycles. The summed E-state index contributed by atoms with van der Waals surface area (Å²) in [5.74, 6) is -1.48. The molecule has 2 atom stereocenters. The maximum atomic E-state index is 11.3. The van der Waals surface area contributed by atoms with Gasteiger partial charge in [-0.1, -0.05) is 0 Å². The van der Waals surface area contributed by atoms with Gasteiger partial charge in [-0.2, -0.15) is 0 Å². The van der Waals surface area contributed by atoms with Gasteiger partial charge in [0.05, 0.1) is 6.10 Å². The van der Waals surface area contributed by atoms with Crippen LogP contribution >= 0.6 is 0 Å². The fourth-order valence-electron chi connectivity index (χ4n) is 1.11. The average molecular weight is 233 g/mol. The zero-order valence-electron chi connectivity index (χ0n) is 9.60. The minimum absolute atomic E-state index is 0.0148. The summed E-state index contributed by atoms with van der Waals surface area (Å²) in [5, 5.41) is 19.7. The molecule has 0 rings (SSSR count). The number of aliphatic carboxylic acids is 1. The molecule has 1 amide bonds. The Morgan fingerprint density at radius 3 is 2.44 bits per heavy atom. The quantitative estimate of drug-likeness (QED) is 0.537. The highest BCUT2D eigenvalue weighted by Gasteiger charge is 2.19. The van der Waals surface area contributed by atoms with E-state index in [0.717, 1.165) is 0 Å². The summed E-state index contributed by atoms with van der Waals surface area (Å²) >= 11 is 0. The van der Waals surface area contributed by atoms with Gasteiger partial charge in [0.1, 0.15) is 6.04 Å². The molecule has 0 heterocycles. The molecule has 6 heteroatoms. The van der Waals surface area contributed by atoms with Gasteiger partial charge in [-0.15, -0.1) is 0 Å². The van der Waals surface area contributed by atoms with Crippen molar-refractivity contribution in [2.75, 3.05) is 13.7 Å². The third kappa shape index (κ3) is 6.36. The van der Waals surface area contributed by atoms with Crippen LogP contribution in [0.4, 0.5) is 0 Å². The summed E-state index contributed by atoms with van der Waals surface area (Å²) in [7, 11) is 1.55. The predicted octanol–water partition coefficient (Wildman–Crippen LogP) is -0.247. The van der Waals surface area contributed by atoms with Crippen molar-refractivity contribution in [3.8, 4) is 0 Å². The monoisotopic (exact) mass is 233 g/mol. The zero-order valence-corrected chi connectivity index (χ0v) is 9.60. The molecule has 0 saturated carbocycles. The first-order valence-corrected chi connectivity index (χ1v) is 5.17. The van der Waals surface area contributed by atoms with Gasteiger partial charge in [-0.3, -0.25) is 4.79 Å². The van der Waals surface area contributed by atoms with Crippen LogP contribution in [0, 0.1) is 0 Å². The average Bonchev–Trinajstić information content (AvgIpc) is 2.25. The molecule has 0 aliphatic rings. The van der Waals surface area contributed by atoms with E-state index in [2.05, 4.69) is 5.32 Å². The molecule has 0 radical (unpaired) electrons. The third-order valence-corrected chi connectivity index (χ3v) is 2.23. The van der Waals surface area contributed by atoms with Crippen molar-refractivity contribution in [1.82, 2.24) is 5.32 Å². The number of carbonyl (C=O) groups is 2. The van der Waals surface area contributed by atoms with Gasteiger partial charge in [0, 0.05) is 26.6 Å². The van der Waals surface area contributed by atoms with Crippen LogP contribution in [0.5, 0.6) is 0 Å². The molecule has 0 fully saturated rings. The Kier molecular flexibility index (Phi) is 7.49. The third-order valence-electron chi connectivity index (χ3n) is 2.23. The van der Waals surface area contributed by atoms with Crippen LogP contribution in [0.3, 0.4) is 0 Å². The van der Waals surface area contributed by atoms with Crippen molar-refractivity contribution in [3.05, 3.63) is 0 Å². The Morgan fingerprint density at radius 2 is 2.00 bits per heavy atom. The van der Waals surface area contributed by atoms with Gasteiger partial charge in [-0.25, -0.2) is 4.79 Å². The van der Waals surface area contributed by atoms with E-state index in [-0.39, 0.29) is 31.5 Å². The number of nitrogens with one attached hydrogen (secondary N) is 1. The van der Waals surface area contributed by atoms with Crippen LogP contribution < -0.4 is 5.32 Å². The number of hydrogen-bond acceptors (Lipinski definition) is 4. The van der Waals surface area contributed by atoms with E-state index in [1.165, 1.54) is 0 Å². The summed E-state index contributed by atoms with van der Waals surface area (Å²) in [6.45, 7) is 1.56. The Bertz CT molecular complexity index is 231. The first-order valence-electron chi connectivity index (χ1n) is 5.17. The van der Waals surface area contributed by atoms with E-state index in [0.29, 0.717) is 6.42 Å². The van der Waals surface area contributed by atoms with Crippen LogP contribution in [0.2, 0.25) is 0 Å². The van der Waals surface area contributed by atoms with E-state index < -0.39 is 12.0 Å². The summed E-state index contributed by atoms with van der Waals surface area (Å²) in [6.07, 6.45) is 0.728. The molecular formula is C10H19NO5. The Labute approximate surface area is 94.6 Å². The lowest BCUT2D eigenvalue weighted by Gasteiger charge is -2.14. The molecule has 0 aromatic heterocycles. The lowest BCUT2D eigenvalue weighted by molar-refractivity contribution is -0.142. The number of rotatable bonds is 8. The van der Waals surface area contributed by atoms with Crippen molar-refractivity contribution in [3.63, 3.8) is 0 Å². The molecule has 2 unspecified atom stereocenters. The number of carbonyl (C=O) groups excluding carboxylic acids is 1. The molecule has 0 bridgehead atoms. The summed E-state index contributed by atoms with van der Waals surface area (Å²) in [4.78, 5) is 22.0. The minimum Gasteiger partial charge on any atom is -0.480 e. The van der Waals surface area contributed by atoms with E-state index >= 15 is 0 Å². The number of methoxy groups -OCH3 is 1. The second-order valence-corrected chi connectivity index (χ2v) is 3.56. The van der Waals surface area contributed by atoms with E-state index in [1.807, 2.05) is 6.92 Å². The number of amides is 1. The number of carboxylic acids is 1. The van der Waals surface area contributed by atoms with Crippen LogP contribution in [-0.4, -0.2) is 48.0 Å². The fourth-order valence-corrected chi connectivity index (χ4v) is 1.11. The van der Waals surface area contributed by atoms with Crippen molar-refractivity contribution in [2.45, 2.75) is 38.3 Å². The second-order valence-electron chi connectivity index (χ2n) is 3.56. The Balaban J connectivity index is 3.95. The molecule has 0 aromatic rings. The van der Waals surface area contributed by atoms with Gasteiger partial charge < -0.3 is 20.3 Å². The number of ether oxygens (including phenoxy) is 1. The first-order chi connectivity index (χ1) is 7.51. The maximum absolute atomic E-state index is 11.3. The molecule has 94 valence electrons. The SMILES string of the molecule is COC(C)CCC(=O)NC(CCO)C(=O)O. The van der Waals surface area contributed by atoms with E-state index in [4.69, 9.17) is 14.9 Å². The molecule has 6 nitrogen and oxygen atoms in total. The lowest BCUT2D eigenvalue weighted by atomic mass is 10.1. The predicted molar refractivity (Wildman–Crippen MR) is 57.0 cm³/mol. The number of aliphatic hydroxyl groups excluding tert-OH is 1. The van der Waals surface area contributed by atoms with Crippen LogP contribution in [-0.2, 0) is 14.3 Å². The Morgan fingerprint density at radius 1 is 1.38 bits per heavy atom. The highest BCUT2D eigenvalue weighted by molar-refractivity contribution is 5.83. The summed E-state index contributed by atoms with van der Waals surface area (Å²) < 4.78 is 4.96. The fraction of sp³-hybridized carbons (Fsp3) is 0.800. The largest absolute Gasteiger partial charge is 0.480 e. The number of carboxylic acid groups (broad SMARTS) is 1. The van der Waals surface area contributed by atoms with Gasteiger partial charge in [0.2, 0.25) is 5.91 Å². The van der Waals surface area contributed by atoms with Crippen molar-refractivity contribution < 1.29 is 24.5 Å². The van der Waals surface area contributed by atoms with Gasteiger partial charge in [0.15, 0.2) is 0 Å². The first kappa shape index (κ1) is 14.9. The highest BCUT2D eigenvalue weighted by Crippen LogP contribution is 2.01. The molecule has 0 aromatic carbocycles. The number of aliphatic hydroxyl groups is 1. The standard InChI is InChI=1S/C10H19NO5/c1-7(16-2)3-4-9(13)11-8(5-6-12)10(14)15/h7-8,12H,3-6H2,1-2H3,(H,11,13)(H,14,15). The van der Waals surface area contributed by atoms with Crippen LogP contribution in [0.25, 0.3) is 0 Å². The number of hydrogen-bond donors (Lipinski definition) is 3. The van der Waals surface area contributed by atoms with Crippen LogP contribution in [0.1, 0.15) is 26.2 Å². The van der Waals surface area contributed by atoms with Gasteiger partial charge >= 0.3 is 5.97 Å². The molecular weight excluding hydrogens is 214 g/mol. The Hall–Kier alpha value is -1.14. The van der Waals surface area contributed by atoms with Crippen LogP contribution in [0.15, 0.2) is 0 Å². The van der Waals surface area contributed by atoms with E-state index in [9.17, 15) is 9.59 Å². The summed E-state index contributed by atoms with van der Waals surface area (Å²) in [6, 6.07) is -1.02. The maximum Gasteiger partial charge on any atom is 0.326 e. The van der Waals surface area contributed by atoms with Crippen molar-refractivity contribution in [1.29, 1.82) is 0 Å².